The Morgan fingerprint density at radius 2 is 0.664 bits per heavy atom. The zero-order valence-electron chi connectivity index (χ0n) is 75.9. The smallest absolute Gasteiger partial charge is 0.462 e. The predicted octanol–water partition coefficient (Wildman–Crippen LogP) is 20.5. The molecule has 2 aliphatic heterocycles. The van der Waals surface area contributed by atoms with Gasteiger partial charge in [0.15, 0.2) is 24.8 Å². The molecule has 2 amide bonds. The van der Waals surface area contributed by atoms with Crippen LogP contribution < -0.4 is 10.6 Å². The third kappa shape index (κ3) is 59.3. The topological polar surface area (TPSA) is 359 Å². The van der Waals surface area contributed by atoms with E-state index in [1.165, 1.54) is 116 Å². The average Bonchev–Trinajstić information content (AvgIpc) is 0.784. The molecule has 9 N–H and O–H groups in total. The zero-order chi connectivity index (χ0) is 87.2. The molecule has 0 saturated carbocycles. The largest absolute Gasteiger partial charge is 0.470 e. The number of esters is 4. The molecule has 24 nitrogen and oxygen atoms in total. The molecule has 25 heteroatoms. The molecule has 0 aliphatic carbocycles. The number of carbonyl (C=O) groups is 6. The van der Waals surface area contributed by atoms with Crippen LogP contribution in [0.4, 0.5) is 0 Å². The van der Waals surface area contributed by atoms with Crippen LogP contribution in [0.25, 0.3) is 0 Å². The van der Waals surface area contributed by atoms with Gasteiger partial charge in [-0.05, 0) is 51.4 Å². The number of amides is 2. The van der Waals surface area contributed by atoms with Crippen molar-refractivity contribution < 1.29 is 106 Å². The first-order valence-electron chi connectivity index (χ1n) is 49.0. The second-order valence-corrected chi connectivity index (χ2v) is 36.1. The van der Waals surface area contributed by atoms with Crippen molar-refractivity contribution in [2.45, 2.75) is 551 Å². The number of rotatable bonds is 82. The second kappa shape index (κ2) is 74.8. The minimum atomic E-state index is -5.62. The van der Waals surface area contributed by atoms with Crippen LogP contribution in [-0.4, -0.2) is 170 Å². The molecular formula is C94H177N2O22P. The molecule has 0 spiro atoms. The highest BCUT2D eigenvalue weighted by atomic mass is 31.2. The maximum atomic E-state index is 15.1. The number of carbonyl (C=O) groups excluding carboxylic acids is 6. The van der Waals surface area contributed by atoms with Crippen molar-refractivity contribution in [3.05, 3.63) is 0 Å². The number of hydrogen-bond donors (Lipinski definition) is 9. The maximum absolute atomic E-state index is 15.1. The van der Waals surface area contributed by atoms with E-state index in [1.54, 1.807) is 0 Å². The van der Waals surface area contributed by atoms with E-state index < -0.39 is 168 Å². The summed E-state index contributed by atoms with van der Waals surface area (Å²) in [5.74, 6) is -4.56. The van der Waals surface area contributed by atoms with Crippen molar-refractivity contribution in [1.29, 1.82) is 0 Å². The molecule has 0 aromatic carbocycles. The van der Waals surface area contributed by atoms with Gasteiger partial charge in [-0.2, -0.15) is 0 Å². The minimum absolute atomic E-state index is 0.111. The van der Waals surface area contributed by atoms with Gasteiger partial charge in [0.2, 0.25) is 11.8 Å². The SMILES string of the molecule is CCCCCCCCCCCCCC(=O)OC(CCCCCCCCCCC)CC(=O)OC1C(NC(=O)CC(CCCCCCCCCCC)OC(=O)CCCCCCCCCCC)[C@H](OCC2O[C@@H](O)C(NC(=O)CC(O)CCCCCCCCCCC)C(OC(=O)CC(O)CCCCCCCCCCC)[C@H]2O)OC(CO)[C@@H]1OP(=O)(O)O. The van der Waals surface area contributed by atoms with E-state index in [1.807, 2.05) is 0 Å². The number of aliphatic hydroxyl groups excluding tert-OH is 5. The van der Waals surface area contributed by atoms with Crippen molar-refractivity contribution >= 4 is 43.5 Å². The van der Waals surface area contributed by atoms with Crippen molar-refractivity contribution in [1.82, 2.24) is 10.6 Å². The first-order valence-corrected chi connectivity index (χ1v) is 50.5. The maximum Gasteiger partial charge on any atom is 0.470 e. The number of unbranched alkanes of at least 4 members (excludes halogenated alkanes) is 50. The van der Waals surface area contributed by atoms with Gasteiger partial charge >= 0.3 is 31.7 Å². The fourth-order valence-corrected chi connectivity index (χ4v) is 16.9. The van der Waals surface area contributed by atoms with Crippen molar-refractivity contribution in [3.8, 4) is 0 Å². The third-order valence-corrected chi connectivity index (χ3v) is 24.1. The highest BCUT2D eigenvalue weighted by Gasteiger charge is 2.54. The second-order valence-electron chi connectivity index (χ2n) is 35.0. The van der Waals surface area contributed by atoms with Crippen LogP contribution in [0.15, 0.2) is 0 Å². The number of phosphoric acid groups is 1. The molecule has 10 unspecified atom stereocenters. The number of nitrogens with one attached hydrogen (secondary N) is 2. The Bertz CT molecular complexity index is 2520. The standard InChI is InChI=1S/C94H177N2O22P/c1-7-13-19-25-31-37-38-44-50-56-62-68-84(103)113-78(66-60-54-48-42-35-29-23-17-11-5)72-86(105)117-92-88(96-82(101)71-77(65-59-53-47-41-34-28-22-16-10-4)112-83(102)67-61-55-49-43-36-30-24-18-12-6)94(115-79(73-97)90(92)118-119(108,109)110)111-74-80-89(106)91(116-85(104)70-76(99)64-58-52-46-40-33-27-21-15-9-3)87(93(107)114-80)95-81(100)69-75(98)63-57-51-45-39-32-26-20-14-8-2/h75-80,87-94,97-99,106-107H,7-74H2,1-6H3,(H,95,100)(H,96,101)(H2,108,109,110)/t75?,76?,77?,78?,79?,80?,87?,88?,89-,90-,91?,92?,93+,94+/m0/s1. The number of ether oxygens (including phenoxy) is 7. The Morgan fingerprint density at radius 3 is 1.03 bits per heavy atom. The van der Waals surface area contributed by atoms with Gasteiger partial charge in [-0.25, -0.2) is 4.57 Å². The molecule has 0 aromatic rings. The Morgan fingerprint density at radius 1 is 0.353 bits per heavy atom. The number of phosphoric ester groups is 1. The van der Waals surface area contributed by atoms with Gasteiger partial charge in [-0.3, -0.25) is 33.3 Å². The van der Waals surface area contributed by atoms with Crippen molar-refractivity contribution in [3.63, 3.8) is 0 Å². The molecule has 700 valence electrons. The summed E-state index contributed by atoms with van der Waals surface area (Å²) in [7, 11) is -5.62. The van der Waals surface area contributed by atoms with E-state index in [0.717, 1.165) is 205 Å². The van der Waals surface area contributed by atoms with Gasteiger partial charge in [0.25, 0.3) is 0 Å². The van der Waals surface area contributed by atoms with Crippen LogP contribution in [0.5, 0.6) is 0 Å². The third-order valence-electron chi connectivity index (χ3n) is 23.6. The molecule has 119 heavy (non-hydrogen) atoms. The number of hydrogen-bond acceptors (Lipinski definition) is 20. The average molecular weight is 1720 g/mol. The monoisotopic (exact) mass is 1720 g/mol. The lowest BCUT2D eigenvalue weighted by Crippen LogP contribution is -2.68. The van der Waals surface area contributed by atoms with Gasteiger partial charge in [-0.1, -0.05) is 375 Å². The molecule has 0 radical (unpaired) electrons. The van der Waals surface area contributed by atoms with E-state index in [9.17, 15) is 63.9 Å². The summed E-state index contributed by atoms with van der Waals surface area (Å²) in [6.45, 7) is 11.2. The summed E-state index contributed by atoms with van der Waals surface area (Å²) in [6.07, 6.45) is 38.1. The van der Waals surface area contributed by atoms with Crippen LogP contribution >= 0.6 is 7.82 Å². The fraction of sp³-hybridized carbons (Fsp3) is 0.936. The molecule has 2 heterocycles. The summed E-state index contributed by atoms with van der Waals surface area (Å²) < 4.78 is 61.8. The van der Waals surface area contributed by atoms with Gasteiger partial charge < -0.3 is 79.1 Å². The normalized spacial score (nSPS) is 20.5. The Hall–Kier alpha value is -3.39. The van der Waals surface area contributed by atoms with Gasteiger partial charge in [0, 0.05) is 12.8 Å². The van der Waals surface area contributed by atoms with Crippen LogP contribution in [0, 0.1) is 0 Å². The fourth-order valence-electron chi connectivity index (χ4n) is 16.4. The molecule has 2 aliphatic rings. The lowest BCUT2D eigenvalue weighted by atomic mass is 9.95. The first kappa shape index (κ1) is 112. The van der Waals surface area contributed by atoms with E-state index >= 15 is 4.79 Å². The van der Waals surface area contributed by atoms with Crippen LogP contribution in [0.3, 0.4) is 0 Å². The predicted molar refractivity (Wildman–Crippen MR) is 470 cm³/mol. The van der Waals surface area contributed by atoms with Gasteiger partial charge in [0.05, 0.1) is 51.1 Å². The summed E-state index contributed by atoms with van der Waals surface area (Å²) in [6, 6.07) is -3.47. The molecule has 14 atom stereocenters. The van der Waals surface area contributed by atoms with E-state index in [2.05, 4.69) is 52.2 Å². The molecule has 2 rings (SSSR count). The zero-order valence-corrected chi connectivity index (χ0v) is 76.8. The molecule has 0 bridgehead atoms. The van der Waals surface area contributed by atoms with Crippen LogP contribution in [-0.2, 0) is 71.0 Å². The van der Waals surface area contributed by atoms with Crippen molar-refractivity contribution in [2.24, 2.45) is 0 Å². The van der Waals surface area contributed by atoms with Crippen molar-refractivity contribution in [2.75, 3.05) is 13.2 Å². The lowest BCUT2D eigenvalue weighted by Gasteiger charge is -2.46. The Kier molecular flexibility index (Phi) is 70.2. The quantitative estimate of drug-likeness (QED) is 0.0118. The minimum Gasteiger partial charge on any atom is -0.462 e. The van der Waals surface area contributed by atoms with Crippen LogP contribution in [0.1, 0.15) is 465 Å². The summed E-state index contributed by atoms with van der Waals surface area (Å²) >= 11 is 0. The molecule has 2 saturated heterocycles. The van der Waals surface area contributed by atoms with Crippen LogP contribution in [0.2, 0.25) is 0 Å². The molecule has 2 fully saturated rings. The lowest BCUT2D eigenvalue weighted by molar-refractivity contribution is -0.298. The first-order chi connectivity index (χ1) is 57.6. The Balaban J connectivity index is 2.73. The molecule has 0 aromatic heterocycles. The highest BCUT2D eigenvalue weighted by molar-refractivity contribution is 7.46. The van der Waals surface area contributed by atoms with Gasteiger partial charge in [-0.15, -0.1) is 0 Å². The summed E-state index contributed by atoms with van der Waals surface area (Å²) in [4.78, 5) is 107. The van der Waals surface area contributed by atoms with Gasteiger partial charge in [0.1, 0.15) is 48.7 Å². The summed E-state index contributed by atoms with van der Waals surface area (Å²) in [5.41, 5.74) is 0. The van der Waals surface area contributed by atoms with E-state index in [0.29, 0.717) is 51.4 Å². The number of aliphatic hydroxyl groups is 5. The summed E-state index contributed by atoms with van der Waals surface area (Å²) in [5, 5.41) is 63.2. The van der Waals surface area contributed by atoms with E-state index in [4.69, 9.17) is 37.7 Å². The molecular weight excluding hydrogens is 1540 g/mol. The Labute approximate surface area is 721 Å². The van der Waals surface area contributed by atoms with E-state index in [-0.39, 0.29) is 25.7 Å². The highest BCUT2D eigenvalue weighted by Crippen LogP contribution is 2.43.